The van der Waals surface area contributed by atoms with Crippen LogP contribution in [0.5, 0.6) is 0 Å². The molecule has 0 bridgehead atoms. The third-order valence-corrected chi connectivity index (χ3v) is 1.41. The normalized spacial score (nSPS) is 29.5. The molecule has 1 saturated heterocycles. The van der Waals surface area contributed by atoms with Gasteiger partial charge in [0.15, 0.2) is 5.66 Å². The quantitative estimate of drug-likeness (QED) is 0.425. The van der Waals surface area contributed by atoms with Gasteiger partial charge in [-0.2, -0.15) is 0 Å². The number of carbonyl (C=O) groups is 2. The van der Waals surface area contributed by atoms with Crippen LogP contribution < -0.4 is 11.1 Å². The van der Waals surface area contributed by atoms with E-state index in [1.165, 1.54) is 0 Å². The van der Waals surface area contributed by atoms with Crippen molar-refractivity contribution in [2.24, 2.45) is 5.73 Å². The van der Waals surface area contributed by atoms with Gasteiger partial charge in [-0.15, -0.1) is 0 Å². The van der Waals surface area contributed by atoms with Gasteiger partial charge in [0.1, 0.15) is 0 Å². The third kappa shape index (κ3) is 1.24. The first kappa shape index (κ1) is 7.01. The van der Waals surface area contributed by atoms with Gasteiger partial charge < -0.3 is 16.2 Å². The van der Waals surface area contributed by atoms with Crippen LogP contribution in [0.2, 0.25) is 0 Å². The van der Waals surface area contributed by atoms with Crippen LogP contribution in [0.1, 0.15) is 12.8 Å². The number of nitrogens with one attached hydrogen (secondary N) is 1. The minimum atomic E-state index is -1.03. The zero-order valence-electron chi connectivity index (χ0n) is 5.26. The van der Waals surface area contributed by atoms with Crippen LogP contribution in [0.3, 0.4) is 0 Å². The Balaban J connectivity index is 2.27. The van der Waals surface area contributed by atoms with Gasteiger partial charge in [0, 0.05) is 12.8 Å². The van der Waals surface area contributed by atoms with Gasteiger partial charge in [0.25, 0.3) is 5.91 Å². The second-order valence-corrected chi connectivity index (χ2v) is 2.32. The molecule has 1 amide bonds. The summed E-state index contributed by atoms with van der Waals surface area (Å²) >= 11 is 0. The van der Waals surface area contributed by atoms with Crippen LogP contribution in [-0.2, 0) is 9.59 Å². The molecule has 10 heavy (non-hydrogen) atoms. The van der Waals surface area contributed by atoms with E-state index in [1.54, 1.807) is 0 Å². The maximum Gasteiger partial charge on any atom is 0.303 e. The van der Waals surface area contributed by atoms with Crippen LogP contribution in [0.4, 0.5) is 0 Å². The fourth-order valence-corrected chi connectivity index (χ4v) is 0.651. The Morgan fingerprint density at radius 2 is 2.30 bits per heavy atom. The molecule has 4 N–H and O–H groups in total. The number of hydrogen-bond acceptors (Lipinski definition) is 3. The van der Waals surface area contributed by atoms with Crippen molar-refractivity contribution in [3.8, 4) is 0 Å². The van der Waals surface area contributed by atoms with Crippen molar-refractivity contribution < 1.29 is 14.7 Å². The molecule has 0 aliphatic carbocycles. The molecule has 1 aliphatic rings. The molecule has 0 radical (unpaired) electrons. The van der Waals surface area contributed by atoms with E-state index in [0.29, 0.717) is 0 Å². The summed E-state index contributed by atoms with van der Waals surface area (Å²) in [5.41, 5.74) is 4.29. The molecule has 5 nitrogen and oxygen atoms in total. The van der Waals surface area contributed by atoms with Gasteiger partial charge in [-0.25, -0.2) is 0 Å². The summed E-state index contributed by atoms with van der Waals surface area (Å²) in [5, 5.41) is 10.5. The Morgan fingerprint density at radius 3 is 2.60 bits per heavy atom. The Morgan fingerprint density at radius 1 is 1.80 bits per heavy atom. The van der Waals surface area contributed by atoms with Crippen LogP contribution in [0.15, 0.2) is 0 Å². The third-order valence-electron chi connectivity index (χ3n) is 1.41. The maximum absolute atomic E-state index is 10.4. The van der Waals surface area contributed by atoms with E-state index in [9.17, 15) is 9.59 Å². The largest absolute Gasteiger partial charge is 0.481 e. The molecule has 1 atom stereocenters. The molecular formula is C5H8N2O3. The first-order valence-corrected chi connectivity index (χ1v) is 2.88. The van der Waals surface area contributed by atoms with Crippen LogP contribution in [-0.4, -0.2) is 22.6 Å². The van der Waals surface area contributed by atoms with Gasteiger partial charge in [0.05, 0.1) is 0 Å². The molecule has 1 aliphatic heterocycles. The second-order valence-electron chi connectivity index (χ2n) is 2.32. The molecule has 0 saturated carbocycles. The first-order valence-electron chi connectivity index (χ1n) is 2.88. The van der Waals surface area contributed by atoms with Crippen molar-refractivity contribution in [1.82, 2.24) is 5.32 Å². The van der Waals surface area contributed by atoms with E-state index >= 15 is 0 Å². The summed E-state index contributed by atoms with van der Waals surface area (Å²) in [6.07, 6.45) is 0.0937. The predicted octanol–water partition coefficient (Wildman–Crippen LogP) is -1.36. The van der Waals surface area contributed by atoms with Gasteiger partial charge >= 0.3 is 5.97 Å². The lowest BCUT2D eigenvalue weighted by molar-refractivity contribution is -0.137. The molecule has 5 heteroatoms. The van der Waals surface area contributed by atoms with Gasteiger partial charge in [-0.05, 0) is 0 Å². The monoisotopic (exact) mass is 144 g/mol. The summed E-state index contributed by atoms with van der Waals surface area (Å²) in [6.45, 7) is 0. The summed E-state index contributed by atoms with van der Waals surface area (Å²) in [6, 6.07) is 0. The van der Waals surface area contributed by atoms with Crippen molar-refractivity contribution >= 4 is 11.9 Å². The van der Waals surface area contributed by atoms with E-state index in [4.69, 9.17) is 10.8 Å². The highest BCUT2D eigenvalue weighted by Crippen LogP contribution is 2.17. The van der Waals surface area contributed by atoms with Crippen LogP contribution in [0, 0.1) is 0 Å². The second kappa shape index (κ2) is 1.95. The number of carboxylic acid groups (broad SMARTS) is 1. The zero-order chi connectivity index (χ0) is 7.78. The average Bonchev–Trinajstić information content (AvgIpc) is 2.38. The highest BCUT2D eigenvalue weighted by atomic mass is 16.4. The maximum atomic E-state index is 10.4. The topological polar surface area (TPSA) is 102 Å². The number of aliphatic carboxylic acids is 1. The Labute approximate surface area is 57.2 Å². The summed E-state index contributed by atoms with van der Waals surface area (Å²) in [5.74, 6) is -1.21. The lowest BCUT2D eigenvalue weighted by atomic mass is 10.2. The predicted molar refractivity (Wildman–Crippen MR) is 31.9 cm³/mol. The van der Waals surface area contributed by atoms with Crippen molar-refractivity contribution in [3.63, 3.8) is 0 Å². The Bertz CT molecular complexity index is 191. The fraction of sp³-hybridized carbons (Fsp3) is 0.600. The van der Waals surface area contributed by atoms with Crippen LogP contribution >= 0.6 is 0 Å². The first-order chi connectivity index (χ1) is 4.54. The molecule has 56 valence electrons. The van der Waals surface area contributed by atoms with E-state index in [2.05, 4.69) is 5.32 Å². The summed E-state index contributed by atoms with van der Waals surface area (Å²) < 4.78 is 0. The molecule has 1 fully saturated rings. The molecule has 0 aromatic heterocycles. The van der Waals surface area contributed by atoms with Gasteiger partial charge in [-0.1, -0.05) is 0 Å². The average molecular weight is 144 g/mol. The fourth-order valence-electron chi connectivity index (χ4n) is 0.651. The van der Waals surface area contributed by atoms with Gasteiger partial charge in [0.2, 0.25) is 0 Å². The molecule has 1 rings (SSSR count). The Hall–Kier alpha value is -1.10. The lowest BCUT2D eigenvalue weighted by Gasteiger charge is -1.98. The molecular weight excluding hydrogens is 136 g/mol. The molecule has 0 aromatic carbocycles. The standard InChI is InChI=1S/C5H8N2O3/c6-5(4(10)7-5)2-1-3(8)9/h1-2,6H2,(H,7,10)(H,8,9). The van der Waals surface area contributed by atoms with E-state index in [1.807, 2.05) is 0 Å². The van der Waals surface area contributed by atoms with Crippen molar-refractivity contribution in [3.05, 3.63) is 0 Å². The zero-order valence-corrected chi connectivity index (χ0v) is 5.26. The number of carboxylic acids is 1. The van der Waals surface area contributed by atoms with E-state index in [-0.39, 0.29) is 18.7 Å². The number of rotatable bonds is 3. The minimum Gasteiger partial charge on any atom is -0.481 e. The minimum absolute atomic E-state index is 0.0742. The molecule has 0 spiro atoms. The number of nitrogens with two attached hydrogens (primary N) is 1. The molecule has 0 aromatic rings. The number of carbonyl (C=O) groups excluding carboxylic acids is 1. The van der Waals surface area contributed by atoms with Crippen molar-refractivity contribution in [2.75, 3.05) is 0 Å². The Kier molecular flexibility index (Phi) is 1.37. The number of amides is 1. The smallest absolute Gasteiger partial charge is 0.303 e. The SMILES string of the molecule is NC1(CCC(=O)O)NC1=O. The van der Waals surface area contributed by atoms with Crippen molar-refractivity contribution in [1.29, 1.82) is 0 Å². The highest BCUT2D eigenvalue weighted by molar-refractivity contribution is 6.01. The lowest BCUT2D eigenvalue weighted by Crippen LogP contribution is -2.29. The summed E-state index contributed by atoms with van der Waals surface area (Å²) in [7, 11) is 0. The highest BCUT2D eigenvalue weighted by Gasteiger charge is 2.49. The van der Waals surface area contributed by atoms with Crippen molar-refractivity contribution in [2.45, 2.75) is 18.5 Å². The van der Waals surface area contributed by atoms with E-state index in [0.717, 1.165) is 0 Å². The summed E-state index contributed by atoms with van der Waals surface area (Å²) in [4.78, 5) is 20.4. The van der Waals surface area contributed by atoms with Gasteiger partial charge in [-0.3, -0.25) is 9.59 Å². The van der Waals surface area contributed by atoms with Crippen LogP contribution in [0.25, 0.3) is 0 Å². The molecule has 1 unspecified atom stereocenters. The van der Waals surface area contributed by atoms with E-state index < -0.39 is 11.6 Å². The molecule has 1 heterocycles. The number of hydrogen-bond donors (Lipinski definition) is 3.